The Morgan fingerprint density at radius 2 is 2.33 bits per heavy atom. The molecule has 4 nitrogen and oxygen atoms in total. The zero-order valence-corrected chi connectivity index (χ0v) is 6.97. The van der Waals surface area contributed by atoms with E-state index in [1.807, 2.05) is 5.38 Å². The van der Waals surface area contributed by atoms with Gasteiger partial charge in [-0.3, -0.25) is 4.79 Å². The summed E-state index contributed by atoms with van der Waals surface area (Å²) >= 11 is 1.47. The fraction of sp³-hybridized carbons (Fsp3) is 0.286. The summed E-state index contributed by atoms with van der Waals surface area (Å²) in [4.78, 5) is 10.7. The molecule has 1 aliphatic heterocycles. The van der Waals surface area contributed by atoms with E-state index in [2.05, 4.69) is 0 Å². The fourth-order valence-corrected chi connectivity index (χ4v) is 1.63. The van der Waals surface area contributed by atoms with E-state index in [0.29, 0.717) is 11.5 Å². The molecular formula is C7H7NO3S. The first-order valence-electron chi connectivity index (χ1n) is 3.42. The van der Waals surface area contributed by atoms with E-state index < -0.39 is 12.0 Å². The number of nitrogens with two attached hydrogens (primary N) is 1. The SMILES string of the molecule is NC(=O)C1COc2cscc2O1. The number of amides is 1. The van der Waals surface area contributed by atoms with E-state index in [-0.39, 0.29) is 6.61 Å². The molecular weight excluding hydrogens is 178 g/mol. The van der Waals surface area contributed by atoms with E-state index in [9.17, 15) is 4.79 Å². The molecule has 0 radical (unpaired) electrons. The van der Waals surface area contributed by atoms with Crippen LogP contribution in [0.25, 0.3) is 0 Å². The average molecular weight is 185 g/mol. The Kier molecular flexibility index (Phi) is 1.65. The van der Waals surface area contributed by atoms with Gasteiger partial charge in [-0.05, 0) is 0 Å². The number of ether oxygens (including phenoxy) is 2. The van der Waals surface area contributed by atoms with Crippen LogP contribution in [0.4, 0.5) is 0 Å². The summed E-state index contributed by atoms with van der Waals surface area (Å²) in [5.41, 5.74) is 5.05. The fourth-order valence-electron chi connectivity index (χ4n) is 0.958. The smallest absolute Gasteiger partial charge is 0.262 e. The molecule has 1 aromatic rings. The van der Waals surface area contributed by atoms with Gasteiger partial charge in [0.2, 0.25) is 6.10 Å². The van der Waals surface area contributed by atoms with E-state index in [1.54, 1.807) is 5.38 Å². The summed E-state index contributed by atoms with van der Waals surface area (Å²) in [5.74, 6) is 0.805. The van der Waals surface area contributed by atoms with Crippen molar-refractivity contribution in [3.05, 3.63) is 10.8 Å². The standard InChI is InChI=1S/C7H7NO3S/c8-7(9)4-1-10-5-2-12-3-6(5)11-4/h2-4H,1H2,(H2,8,9). The number of thiophene rings is 1. The molecule has 5 heteroatoms. The van der Waals surface area contributed by atoms with Gasteiger partial charge in [0.1, 0.15) is 6.61 Å². The van der Waals surface area contributed by atoms with Crippen LogP contribution in [0.3, 0.4) is 0 Å². The van der Waals surface area contributed by atoms with Crippen molar-refractivity contribution in [2.75, 3.05) is 6.61 Å². The predicted molar refractivity (Wildman–Crippen MR) is 43.4 cm³/mol. The molecule has 0 saturated heterocycles. The Balaban J connectivity index is 2.20. The molecule has 1 aromatic heterocycles. The van der Waals surface area contributed by atoms with Gasteiger partial charge in [0, 0.05) is 10.8 Å². The van der Waals surface area contributed by atoms with Crippen LogP contribution in [0.2, 0.25) is 0 Å². The number of primary amides is 1. The normalized spacial score (nSPS) is 20.5. The number of rotatable bonds is 1. The number of fused-ring (bicyclic) bond motifs is 1. The second-order valence-corrected chi connectivity index (χ2v) is 3.16. The third-order valence-corrected chi connectivity index (χ3v) is 2.27. The molecule has 0 fully saturated rings. The van der Waals surface area contributed by atoms with E-state index in [1.165, 1.54) is 11.3 Å². The van der Waals surface area contributed by atoms with Crippen LogP contribution in [-0.4, -0.2) is 18.6 Å². The maximum absolute atomic E-state index is 10.7. The Bertz CT molecular complexity index is 309. The second kappa shape index (κ2) is 2.67. The van der Waals surface area contributed by atoms with E-state index in [0.717, 1.165) is 0 Å². The van der Waals surface area contributed by atoms with Gasteiger partial charge in [-0.2, -0.15) is 0 Å². The van der Waals surface area contributed by atoms with Crippen LogP contribution >= 0.6 is 11.3 Å². The average Bonchev–Trinajstić information content (AvgIpc) is 2.49. The summed E-state index contributed by atoms with van der Waals surface area (Å²) in [6, 6.07) is 0. The molecule has 1 amide bonds. The Labute approximate surface area is 72.9 Å². The minimum atomic E-state index is -0.646. The van der Waals surface area contributed by atoms with Crippen LogP contribution < -0.4 is 15.2 Å². The van der Waals surface area contributed by atoms with Crippen molar-refractivity contribution in [2.45, 2.75) is 6.10 Å². The van der Waals surface area contributed by atoms with Crippen molar-refractivity contribution in [1.29, 1.82) is 0 Å². The Hall–Kier alpha value is -1.23. The molecule has 0 aliphatic carbocycles. The van der Waals surface area contributed by atoms with Crippen molar-refractivity contribution in [1.82, 2.24) is 0 Å². The lowest BCUT2D eigenvalue weighted by atomic mass is 10.3. The summed E-state index contributed by atoms with van der Waals surface area (Å²) in [7, 11) is 0. The van der Waals surface area contributed by atoms with Crippen molar-refractivity contribution < 1.29 is 14.3 Å². The zero-order chi connectivity index (χ0) is 8.55. The summed E-state index contributed by atoms with van der Waals surface area (Å²) in [6.45, 7) is 0.207. The van der Waals surface area contributed by atoms with Gasteiger partial charge in [-0.25, -0.2) is 0 Å². The lowest BCUT2D eigenvalue weighted by molar-refractivity contribution is -0.126. The first-order valence-corrected chi connectivity index (χ1v) is 4.36. The second-order valence-electron chi connectivity index (χ2n) is 2.42. The monoisotopic (exact) mass is 185 g/mol. The van der Waals surface area contributed by atoms with Gasteiger partial charge >= 0.3 is 0 Å². The summed E-state index contributed by atoms with van der Waals surface area (Å²) in [6.07, 6.45) is -0.646. The van der Waals surface area contributed by atoms with Crippen LogP contribution in [0.1, 0.15) is 0 Å². The topological polar surface area (TPSA) is 61.6 Å². The molecule has 2 N–H and O–H groups in total. The Morgan fingerprint density at radius 3 is 3.08 bits per heavy atom. The number of hydrogen-bond acceptors (Lipinski definition) is 4. The quantitative estimate of drug-likeness (QED) is 0.687. The first-order chi connectivity index (χ1) is 5.77. The van der Waals surface area contributed by atoms with Crippen molar-refractivity contribution >= 4 is 17.2 Å². The van der Waals surface area contributed by atoms with Gasteiger partial charge in [-0.15, -0.1) is 11.3 Å². The van der Waals surface area contributed by atoms with E-state index >= 15 is 0 Å². The highest BCUT2D eigenvalue weighted by Gasteiger charge is 2.25. The molecule has 1 aliphatic rings. The number of hydrogen-bond donors (Lipinski definition) is 1. The molecule has 1 atom stereocenters. The van der Waals surface area contributed by atoms with Gasteiger partial charge in [0.15, 0.2) is 11.5 Å². The van der Waals surface area contributed by atoms with Gasteiger partial charge in [-0.1, -0.05) is 0 Å². The molecule has 2 heterocycles. The van der Waals surface area contributed by atoms with Crippen molar-refractivity contribution in [2.24, 2.45) is 5.73 Å². The number of carbonyl (C=O) groups excluding carboxylic acids is 1. The highest BCUT2D eigenvalue weighted by molar-refractivity contribution is 7.08. The summed E-state index contributed by atoms with van der Waals surface area (Å²) < 4.78 is 10.5. The highest BCUT2D eigenvalue weighted by atomic mass is 32.1. The van der Waals surface area contributed by atoms with Crippen LogP contribution in [0, 0.1) is 0 Å². The predicted octanol–water partition coefficient (Wildman–Crippen LogP) is 0.373. The first kappa shape index (κ1) is 7.42. The largest absolute Gasteiger partial charge is 0.484 e. The number of carbonyl (C=O) groups is 1. The van der Waals surface area contributed by atoms with Crippen molar-refractivity contribution in [3.8, 4) is 11.5 Å². The molecule has 0 bridgehead atoms. The zero-order valence-electron chi connectivity index (χ0n) is 6.15. The molecule has 0 spiro atoms. The molecule has 12 heavy (non-hydrogen) atoms. The molecule has 0 aromatic carbocycles. The third kappa shape index (κ3) is 1.12. The minimum absolute atomic E-state index is 0.207. The van der Waals surface area contributed by atoms with Crippen LogP contribution in [0.15, 0.2) is 10.8 Å². The molecule has 2 rings (SSSR count). The molecule has 1 unspecified atom stereocenters. The molecule has 0 saturated carbocycles. The lowest BCUT2D eigenvalue weighted by Crippen LogP contribution is -2.40. The molecule has 64 valence electrons. The maximum atomic E-state index is 10.7. The van der Waals surface area contributed by atoms with Crippen LogP contribution in [0.5, 0.6) is 11.5 Å². The highest BCUT2D eigenvalue weighted by Crippen LogP contribution is 2.34. The van der Waals surface area contributed by atoms with Crippen molar-refractivity contribution in [3.63, 3.8) is 0 Å². The lowest BCUT2D eigenvalue weighted by Gasteiger charge is -2.21. The van der Waals surface area contributed by atoms with Crippen LogP contribution in [-0.2, 0) is 4.79 Å². The summed E-state index contributed by atoms with van der Waals surface area (Å²) in [5, 5.41) is 3.61. The van der Waals surface area contributed by atoms with Gasteiger partial charge in [0.05, 0.1) is 0 Å². The van der Waals surface area contributed by atoms with Gasteiger partial charge in [0.25, 0.3) is 5.91 Å². The Morgan fingerprint density at radius 1 is 1.58 bits per heavy atom. The van der Waals surface area contributed by atoms with E-state index in [4.69, 9.17) is 15.2 Å². The van der Waals surface area contributed by atoms with Gasteiger partial charge < -0.3 is 15.2 Å². The third-order valence-electron chi connectivity index (χ3n) is 1.57. The maximum Gasteiger partial charge on any atom is 0.262 e. The minimum Gasteiger partial charge on any atom is -0.484 e.